The lowest BCUT2D eigenvalue weighted by atomic mass is 10.0. The maximum absolute atomic E-state index is 12.3. The van der Waals surface area contributed by atoms with E-state index in [1.807, 2.05) is 19.1 Å². The van der Waals surface area contributed by atoms with Crippen LogP contribution in [0.25, 0.3) is 5.69 Å². The van der Waals surface area contributed by atoms with E-state index in [9.17, 15) is 4.79 Å². The van der Waals surface area contributed by atoms with Crippen molar-refractivity contribution >= 4 is 17.4 Å². The number of benzene rings is 1. The SMILES string of the molecule is CCC(C)(OC)C(=O)Nc1ccnn1-c1ccc(N)cc1. The third-order valence-electron chi connectivity index (χ3n) is 3.63. The number of hydrogen-bond donors (Lipinski definition) is 2. The number of carbonyl (C=O) groups excluding carboxylic acids is 1. The quantitative estimate of drug-likeness (QED) is 0.826. The van der Waals surface area contributed by atoms with Gasteiger partial charge in [0.1, 0.15) is 11.4 Å². The molecule has 112 valence electrons. The van der Waals surface area contributed by atoms with E-state index >= 15 is 0 Å². The molecule has 0 aliphatic rings. The molecule has 2 rings (SSSR count). The lowest BCUT2D eigenvalue weighted by Gasteiger charge is -2.25. The first kappa shape index (κ1) is 15.1. The van der Waals surface area contributed by atoms with Crippen molar-refractivity contribution in [1.29, 1.82) is 0 Å². The van der Waals surface area contributed by atoms with E-state index in [1.54, 1.807) is 36.0 Å². The lowest BCUT2D eigenvalue weighted by molar-refractivity contribution is -0.136. The molecule has 6 heteroatoms. The van der Waals surface area contributed by atoms with Gasteiger partial charge in [0.2, 0.25) is 0 Å². The van der Waals surface area contributed by atoms with Crippen molar-refractivity contribution in [3.63, 3.8) is 0 Å². The Bertz CT molecular complexity index is 615. The Morgan fingerprint density at radius 2 is 2.05 bits per heavy atom. The van der Waals surface area contributed by atoms with Crippen molar-refractivity contribution in [2.75, 3.05) is 18.2 Å². The number of amides is 1. The highest BCUT2D eigenvalue weighted by atomic mass is 16.5. The zero-order chi connectivity index (χ0) is 15.5. The molecule has 1 aromatic heterocycles. The maximum atomic E-state index is 12.3. The fourth-order valence-corrected chi connectivity index (χ4v) is 1.87. The molecule has 2 aromatic rings. The molecule has 1 heterocycles. The number of ether oxygens (including phenoxy) is 1. The van der Waals surface area contributed by atoms with Crippen molar-refractivity contribution in [3.8, 4) is 5.69 Å². The minimum Gasteiger partial charge on any atom is -0.399 e. The molecular weight excluding hydrogens is 268 g/mol. The summed E-state index contributed by atoms with van der Waals surface area (Å²) in [6.07, 6.45) is 2.20. The highest BCUT2D eigenvalue weighted by molar-refractivity contribution is 5.96. The van der Waals surface area contributed by atoms with Gasteiger partial charge in [-0.1, -0.05) is 6.92 Å². The second kappa shape index (κ2) is 5.97. The van der Waals surface area contributed by atoms with Crippen LogP contribution in [0.5, 0.6) is 0 Å². The summed E-state index contributed by atoms with van der Waals surface area (Å²) in [4.78, 5) is 12.3. The standard InChI is InChI=1S/C15H20N4O2/c1-4-15(2,21-3)14(20)18-13-9-10-17-19(13)12-7-5-11(16)6-8-12/h5-10H,4,16H2,1-3H3,(H,18,20). The molecule has 0 spiro atoms. The van der Waals surface area contributed by atoms with Gasteiger partial charge in [-0.25, -0.2) is 4.68 Å². The number of rotatable bonds is 5. The summed E-state index contributed by atoms with van der Waals surface area (Å²) >= 11 is 0. The van der Waals surface area contributed by atoms with Gasteiger partial charge in [0.15, 0.2) is 0 Å². The molecule has 0 aliphatic carbocycles. The molecule has 6 nitrogen and oxygen atoms in total. The van der Waals surface area contributed by atoms with Gasteiger partial charge in [-0.05, 0) is 37.6 Å². The van der Waals surface area contributed by atoms with Crippen molar-refractivity contribution in [2.24, 2.45) is 0 Å². The molecule has 3 N–H and O–H groups in total. The molecular formula is C15H20N4O2. The van der Waals surface area contributed by atoms with Crippen LogP contribution in [-0.2, 0) is 9.53 Å². The number of anilines is 2. The van der Waals surface area contributed by atoms with Gasteiger partial charge in [-0.15, -0.1) is 0 Å². The van der Waals surface area contributed by atoms with Crippen LogP contribution in [-0.4, -0.2) is 28.4 Å². The average Bonchev–Trinajstić information content (AvgIpc) is 2.95. The first-order valence-corrected chi connectivity index (χ1v) is 6.76. The molecule has 1 amide bonds. The van der Waals surface area contributed by atoms with Gasteiger partial charge in [-0.2, -0.15) is 5.10 Å². The molecule has 0 fully saturated rings. The zero-order valence-electron chi connectivity index (χ0n) is 12.5. The molecule has 1 unspecified atom stereocenters. The predicted molar refractivity (Wildman–Crippen MR) is 82.3 cm³/mol. The van der Waals surface area contributed by atoms with E-state index in [0.29, 0.717) is 17.9 Å². The fraction of sp³-hybridized carbons (Fsp3) is 0.333. The van der Waals surface area contributed by atoms with Gasteiger partial charge in [0.05, 0.1) is 11.9 Å². The number of carbonyl (C=O) groups is 1. The van der Waals surface area contributed by atoms with E-state index < -0.39 is 5.60 Å². The number of hydrogen-bond acceptors (Lipinski definition) is 4. The summed E-state index contributed by atoms with van der Waals surface area (Å²) in [5.41, 5.74) is 6.31. The Balaban J connectivity index is 2.25. The van der Waals surface area contributed by atoms with Crippen LogP contribution in [0, 0.1) is 0 Å². The van der Waals surface area contributed by atoms with E-state index in [-0.39, 0.29) is 5.91 Å². The van der Waals surface area contributed by atoms with E-state index in [1.165, 1.54) is 7.11 Å². The molecule has 0 bridgehead atoms. The van der Waals surface area contributed by atoms with Crippen LogP contribution in [0.3, 0.4) is 0 Å². The Morgan fingerprint density at radius 1 is 1.38 bits per heavy atom. The average molecular weight is 288 g/mol. The Labute approximate surface area is 123 Å². The molecule has 0 saturated carbocycles. The van der Waals surface area contributed by atoms with E-state index in [2.05, 4.69) is 10.4 Å². The van der Waals surface area contributed by atoms with Gasteiger partial charge >= 0.3 is 0 Å². The number of nitrogens with one attached hydrogen (secondary N) is 1. The predicted octanol–water partition coefficient (Wildman–Crippen LogP) is 2.21. The van der Waals surface area contributed by atoms with Crippen LogP contribution in [0.2, 0.25) is 0 Å². The van der Waals surface area contributed by atoms with Gasteiger partial charge in [0, 0.05) is 18.9 Å². The number of methoxy groups -OCH3 is 1. The minimum absolute atomic E-state index is 0.204. The molecule has 1 atom stereocenters. The number of nitrogens with zero attached hydrogens (tertiary/aromatic N) is 2. The van der Waals surface area contributed by atoms with Gasteiger partial charge in [-0.3, -0.25) is 4.79 Å². The first-order valence-electron chi connectivity index (χ1n) is 6.76. The summed E-state index contributed by atoms with van der Waals surface area (Å²) < 4.78 is 6.94. The van der Waals surface area contributed by atoms with Crippen LogP contribution < -0.4 is 11.1 Å². The molecule has 0 saturated heterocycles. The Morgan fingerprint density at radius 3 is 2.62 bits per heavy atom. The number of nitrogens with two attached hydrogens (primary N) is 1. The third-order valence-corrected chi connectivity index (χ3v) is 3.63. The lowest BCUT2D eigenvalue weighted by Crippen LogP contribution is -2.41. The van der Waals surface area contributed by atoms with E-state index in [4.69, 9.17) is 10.5 Å². The van der Waals surface area contributed by atoms with Gasteiger partial charge in [0.25, 0.3) is 5.91 Å². The van der Waals surface area contributed by atoms with Crippen LogP contribution >= 0.6 is 0 Å². The molecule has 0 aliphatic heterocycles. The molecule has 0 radical (unpaired) electrons. The number of nitrogen functional groups attached to an aromatic ring is 1. The van der Waals surface area contributed by atoms with Crippen molar-refractivity contribution in [3.05, 3.63) is 36.5 Å². The molecule has 21 heavy (non-hydrogen) atoms. The minimum atomic E-state index is -0.865. The van der Waals surface area contributed by atoms with Crippen molar-refractivity contribution < 1.29 is 9.53 Å². The summed E-state index contributed by atoms with van der Waals surface area (Å²) in [5, 5.41) is 7.07. The summed E-state index contributed by atoms with van der Waals surface area (Å²) in [6.45, 7) is 3.66. The fourth-order valence-electron chi connectivity index (χ4n) is 1.87. The smallest absolute Gasteiger partial charge is 0.257 e. The maximum Gasteiger partial charge on any atom is 0.257 e. The van der Waals surface area contributed by atoms with Crippen LogP contribution in [0.4, 0.5) is 11.5 Å². The monoisotopic (exact) mass is 288 g/mol. The topological polar surface area (TPSA) is 82.2 Å². The van der Waals surface area contributed by atoms with Crippen LogP contribution in [0.15, 0.2) is 36.5 Å². The Kier molecular flexibility index (Phi) is 4.28. The molecule has 1 aromatic carbocycles. The van der Waals surface area contributed by atoms with Crippen molar-refractivity contribution in [2.45, 2.75) is 25.9 Å². The largest absolute Gasteiger partial charge is 0.399 e. The van der Waals surface area contributed by atoms with Crippen LogP contribution in [0.1, 0.15) is 20.3 Å². The second-order valence-corrected chi connectivity index (χ2v) is 4.96. The summed E-state index contributed by atoms with van der Waals surface area (Å²) in [7, 11) is 1.53. The zero-order valence-corrected chi connectivity index (χ0v) is 12.5. The van der Waals surface area contributed by atoms with Crippen molar-refractivity contribution in [1.82, 2.24) is 9.78 Å². The second-order valence-electron chi connectivity index (χ2n) is 4.96. The third kappa shape index (κ3) is 3.05. The van der Waals surface area contributed by atoms with Gasteiger partial charge < -0.3 is 15.8 Å². The normalized spacial score (nSPS) is 13.7. The number of aromatic nitrogens is 2. The highest BCUT2D eigenvalue weighted by Gasteiger charge is 2.31. The summed E-state index contributed by atoms with van der Waals surface area (Å²) in [5.74, 6) is 0.381. The first-order chi connectivity index (χ1) is 10.00. The summed E-state index contributed by atoms with van der Waals surface area (Å²) in [6, 6.07) is 8.99. The van der Waals surface area contributed by atoms with E-state index in [0.717, 1.165) is 5.69 Å². The Hall–Kier alpha value is -2.34. The highest BCUT2D eigenvalue weighted by Crippen LogP contribution is 2.20.